The summed E-state index contributed by atoms with van der Waals surface area (Å²) >= 11 is 0. The zero-order chi connectivity index (χ0) is 23.0. The van der Waals surface area contributed by atoms with Crippen LogP contribution in [0, 0.1) is 5.92 Å². The van der Waals surface area contributed by atoms with Crippen LogP contribution in [0.3, 0.4) is 0 Å². The minimum Gasteiger partial charge on any atom is -0.508 e. The van der Waals surface area contributed by atoms with Gasteiger partial charge in [-0.25, -0.2) is 0 Å². The molecule has 0 radical (unpaired) electrons. The number of carbonyl (C=O) groups excluding carboxylic acids is 3. The molecule has 0 heterocycles. The van der Waals surface area contributed by atoms with Crippen molar-refractivity contribution in [3.63, 3.8) is 0 Å². The fourth-order valence-electron chi connectivity index (χ4n) is 2.53. The van der Waals surface area contributed by atoms with Crippen molar-refractivity contribution in [3.05, 3.63) is 29.8 Å². The van der Waals surface area contributed by atoms with E-state index < -0.39 is 47.9 Å². The lowest BCUT2D eigenvalue weighted by Gasteiger charge is -2.26. The van der Waals surface area contributed by atoms with Gasteiger partial charge in [-0.2, -0.15) is 0 Å². The van der Waals surface area contributed by atoms with Gasteiger partial charge >= 0.3 is 5.97 Å². The average molecular weight is 422 g/mol. The van der Waals surface area contributed by atoms with Gasteiger partial charge in [0.25, 0.3) is 0 Å². The van der Waals surface area contributed by atoms with Crippen LogP contribution < -0.4 is 21.7 Å². The van der Waals surface area contributed by atoms with Crippen molar-refractivity contribution < 1.29 is 29.4 Å². The number of carboxylic acids is 1. The number of nitrogens with two attached hydrogens (primary N) is 1. The second-order valence-electron chi connectivity index (χ2n) is 7.52. The summed E-state index contributed by atoms with van der Waals surface area (Å²) in [6, 6.07) is 2.11. The van der Waals surface area contributed by atoms with Crippen molar-refractivity contribution in [2.75, 3.05) is 0 Å². The van der Waals surface area contributed by atoms with Crippen molar-refractivity contribution in [2.45, 2.75) is 58.3 Å². The summed E-state index contributed by atoms with van der Waals surface area (Å²) in [5, 5.41) is 25.9. The Hall–Kier alpha value is -3.14. The Morgan fingerprint density at radius 1 is 0.900 bits per heavy atom. The van der Waals surface area contributed by atoms with Gasteiger partial charge in [-0.05, 0) is 37.5 Å². The molecule has 0 spiro atoms. The van der Waals surface area contributed by atoms with Gasteiger partial charge in [-0.1, -0.05) is 26.0 Å². The molecule has 4 unspecified atom stereocenters. The third kappa shape index (κ3) is 7.70. The van der Waals surface area contributed by atoms with E-state index in [4.69, 9.17) is 10.8 Å². The minimum absolute atomic E-state index is 0.0588. The van der Waals surface area contributed by atoms with Crippen molar-refractivity contribution in [1.29, 1.82) is 0 Å². The first kappa shape index (κ1) is 24.9. The minimum atomic E-state index is -1.20. The second-order valence-corrected chi connectivity index (χ2v) is 7.52. The van der Waals surface area contributed by atoms with E-state index in [1.54, 1.807) is 26.0 Å². The molecule has 3 amide bonds. The molecule has 0 aliphatic rings. The fourth-order valence-corrected chi connectivity index (χ4v) is 2.53. The third-order valence-corrected chi connectivity index (χ3v) is 4.40. The first-order chi connectivity index (χ1) is 13.9. The standard InChI is InChI=1S/C20H30N4O6/c1-10(2)16(19(28)22-12(4)20(29)30)24-18(27)15(23-17(26)11(3)21)9-13-5-7-14(25)8-6-13/h5-8,10-12,15-16,25H,9,21H2,1-4H3,(H,22,28)(H,23,26)(H,24,27)(H,29,30). The van der Waals surface area contributed by atoms with Crippen LogP contribution >= 0.6 is 0 Å². The Morgan fingerprint density at radius 2 is 1.47 bits per heavy atom. The van der Waals surface area contributed by atoms with E-state index in [1.165, 1.54) is 26.0 Å². The highest BCUT2D eigenvalue weighted by Gasteiger charge is 2.30. The topological polar surface area (TPSA) is 171 Å². The summed E-state index contributed by atoms with van der Waals surface area (Å²) in [6.45, 7) is 6.19. The van der Waals surface area contributed by atoms with Crippen molar-refractivity contribution in [3.8, 4) is 5.75 Å². The van der Waals surface area contributed by atoms with Gasteiger partial charge in [0, 0.05) is 6.42 Å². The molecule has 166 valence electrons. The molecule has 0 aromatic heterocycles. The SMILES string of the molecule is CC(N)C(=O)NC(Cc1ccc(O)cc1)C(=O)NC(C(=O)NC(C)C(=O)O)C(C)C. The highest BCUT2D eigenvalue weighted by Crippen LogP contribution is 2.12. The number of amides is 3. The Kier molecular flexibility index (Phi) is 9.25. The molecule has 7 N–H and O–H groups in total. The maximum absolute atomic E-state index is 12.9. The number of hydrogen-bond donors (Lipinski definition) is 6. The second kappa shape index (κ2) is 11.1. The quantitative estimate of drug-likeness (QED) is 0.295. The number of benzene rings is 1. The van der Waals surface area contributed by atoms with Crippen molar-refractivity contribution in [2.24, 2.45) is 11.7 Å². The number of carbonyl (C=O) groups is 4. The Labute approximate surface area is 175 Å². The number of nitrogens with one attached hydrogen (secondary N) is 3. The molecule has 1 aromatic carbocycles. The molecule has 0 bridgehead atoms. The van der Waals surface area contributed by atoms with E-state index in [2.05, 4.69) is 16.0 Å². The molecule has 1 rings (SSSR count). The predicted octanol–water partition coefficient (Wildman–Crippen LogP) is -0.503. The Bertz CT molecular complexity index is 763. The highest BCUT2D eigenvalue weighted by molar-refractivity contribution is 5.94. The molecule has 4 atom stereocenters. The van der Waals surface area contributed by atoms with Gasteiger partial charge in [0.2, 0.25) is 17.7 Å². The molecule has 0 saturated carbocycles. The maximum Gasteiger partial charge on any atom is 0.325 e. The number of phenolic OH excluding ortho intramolecular Hbond substituents is 1. The molecular formula is C20H30N4O6. The van der Waals surface area contributed by atoms with E-state index in [0.717, 1.165) is 0 Å². The van der Waals surface area contributed by atoms with Crippen LogP contribution in [0.2, 0.25) is 0 Å². The summed E-state index contributed by atoms with van der Waals surface area (Å²) in [6.07, 6.45) is 0.0997. The van der Waals surface area contributed by atoms with Crippen LogP contribution in [-0.2, 0) is 25.6 Å². The number of aromatic hydroxyl groups is 1. The van der Waals surface area contributed by atoms with Crippen LogP contribution in [-0.4, -0.2) is 58.1 Å². The third-order valence-electron chi connectivity index (χ3n) is 4.40. The summed E-state index contributed by atoms with van der Waals surface area (Å²) in [5.74, 6) is -3.29. The van der Waals surface area contributed by atoms with Gasteiger partial charge in [-0.15, -0.1) is 0 Å². The van der Waals surface area contributed by atoms with Crippen LogP contribution in [0.4, 0.5) is 0 Å². The van der Waals surface area contributed by atoms with E-state index in [-0.39, 0.29) is 18.1 Å². The molecule has 0 fully saturated rings. The number of carboxylic acid groups (broad SMARTS) is 1. The first-order valence-electron chi connectivity index (χ1n) is 9.59. The largest absolute Gasteiger partial charge is 0.508 e. The van der Waals surface area contributed by atoms with Gasteiger partial charge < -0.3 is 31.9 Å². The van der Waals surface area contributed by atoms with Gasteiger partial charge in [0.1, 0.15) is 23.9 Å². The van der Waals surface area contributed by atoms with Crippen molar-refractivity contribution >= 4 is 23.7 Å². The van der Waals surface area contributed by atoms with Gasteiger partial charge in [0.05, 0.1) is 6.04 Å². The summed E-state index contributed by atoms with van der Waals surface area (Å²) in [7, 11) is 0. The Balaban J connectivity index is 3.01. The van der Waals surface area contributed by atoms with Crippen LogP contribution in [0.25, 0.3) is 0 Å². The number of phenols is 1. The average Bonchev–Trinajstić information content (AvgIpc) is 2.66. The molecule has 10 heteroatoms. The number of hydrogen-bond acceptors (Lipinski definition) is 6. The van der Waals surface area contributed by atoms with Crippen LogP contribution in [0.5, 0.6) is 5.75 Å². The molecule has 0 saturated heterocycles. The summed E-state index contributed by atoms with van der Waals surface area (Å²) in [5.41, 5.74) is 6.25. The van der Waals surface area contributed by atoms with Gasteiger partial charge in [-0.3, -0.25) is 19.2 Å². The van der Waals surface area contributed by atoms with Gasteiger partial charge in [0.15, 0.2) is 0 Å². The van der Waals surface area contributed by atoms with E-state index >= 15 is 0 Å². The number of rotatable bonds is 10. The normalized spacial score (nSPS) is 14.9. The molecule has 1 aromatic rings. The lowest BCUT2D eigenvalue weighted by molar-refractivity contribution is -0.142. The number of aliphatic carboxylic acids is 1. The van der Waals surface area contributed by atoms with Crippen LogP contribution in [0.1, 0.15) is 33.3 Å². The van der Waals surface area contributed by atoms with E-state index in [1.807, 2.05) is 0 Å². The zero-order valence-corrected chi connectivity index (χ0v) is 17.5. The smallest absolute Gasteiger partial charge is 0.325 e. The van der Waals surface area contributed by atoms with E-state index in [0.29, 0.717) is 5.56 Å². The van der Waals surface area contributed by atoms with E-state index in [9.17, 15) is 24.3 Å². The zero-order valence-electron chi connectivity index (χ0n) is 17.5. The molecule has 30 heavy (non-hydrogen) atoms. The first-order valence-corrected chi connectivity index (χ1v) is 9.59. The lowest BCUT2D eigenvalue weighted by Crippen LogP contribution is -2.58. The van der Waals surface area contributed by atoms with Crippen LogP contribution in [0.15, 0.2) is 24.3 Å². The van der Waals surface area contributed by atoms with Crippen molar-refractivity contribution in [1.82, 2.24) is 16.0 Å². The maximum atomic E-state index is 12.9. The molecule has 0 aliphatic carbocycles. The fraction of sp³-hybridized carbons (Fsp3) is 0.500. The monoisotopic (exact) mass is 422 g/mol. The Morgan fingerprint density at radius 3 is 1.93 bits per heavy atom. The lowest BCUT2D eigenvalue weighted by atomic mass is 10.0. The predicted molar refractivity (Wildman–Crippen MR) is 109 cm³/mol. The molecule has 0 aliphatic heterocycles. The highest BCUT2D eigenvalue weighted by atomic mass is 16.4. The summed E-state index contributed by atoms with van der Waals surface area (Å²) in [4.78, 5) is 48.4. The summed E-state index contributed by atoms with van der Waals surface area (Å²) < 4.78 is 0. The molecule has 10 nitrogen and oxygen atoms in total. The molecular weight excluding hydrogens is 392 g/mol.